The lowest BCUT2D eigenvalue weighted by Gasteiger charge is -2.42. The van der Waals surface area contributed by atoms with E-state index in [2.05, 4.69) is 58.8 Å². The summed E-state index contributed by atoms with van der Waals surface area (Å²) >= 11 is 0. The highest BCUT2D eigenvalue weighted by Crippen LogP contribution is 2.32. The highest BCUT2D eigenvalue weighted by Gasteiger charge is 2.32. The molecule has 1 heterocycles. The maximum absolute atomic E-state index is 8.81. The molecule has 148 valence electrons. The number of benzene rings is 2. The molecule has 0 radical (unpaired) electrons. The minimum Gasteiger partial charge on any atom is -0.496 e. The zero-order chi connectivity index (χ0) is 19.6. The number of hydrogen-bond acceptors (Lipinski definition) is 4. The van der Waals surface area contributed by atoms with E-state index in [-0.39, 0.29) is 0 Å². The van der Waals surface area contributed by atoms with Gasteiger partial charge >= 0.3 is 0 Å². The van der Waals surface area contributed by atoms with Gasteiger partial charge in [-0.1, -0.05) is 48.5 Å². The molecule has 2 aromatic rings. The van der Waals surface area contributed by atoms with Crippen LogP contribution in [0.3, 0.4) is 0 Å². The Bertz CT molecular complexity index is 756. The van der Waals surface area contributed by atoms with Crippen molar-refractivity contribution in [3.8, 4) is 11.8 Å². The van der Waals surface area contributed by atoms with E-state index in [9.17, 15) is 0 Å². The van der Waals surface area contributed by atoms with Crippen LogP contribution < -0.4 is 10.1 Å². The summed E-state index contributed by atoms with van der Waals surface area (Å²) in [7, 11) is 1.73. The Morgan fingerprint density at radius 3 is 2.68 bits per heavy atom. The minimum absolute atomic E-state index is 0.367. The van der Waals surface area contributed by atoms with Crippen LogP contribution in [0.1, 0.15) is 49.3 Å². The second kappa shape index (κ2) is 10.8. The van der Waals surface area contributed by atoms with Crippen molar-refractivity contribution >= 4 is 0 Å². The highest BCUT2D eigenvalue weighted by atomic mass is 16.5. The molecule has 1 N–H and O–H groups in total. The topological polar surface area (TPSA) is 48.3 Å². The molecule has 4 heteroatoms. The Balaban J connectivity index is 1.72. The summed E-state index contributed by atoms with van der Waals surface area (Å²) in [6.45, 7) is 2.98. The van der Waals surface area contributed by atoms with Crippen LogP contribution in [0.5, 0.6) is 5.75 Å². The molecule has 3 rings (SSSR count). The van der Waals surface area contributed by atoms with E-state index in [1.807, 2.05) is 12.1 Å². The van der Waals surface area contributed by atoms with Crippen LogP contribution in [0.15, 0.2) is 54.6 Å². The van der Waals surface area contributed by atoms with Crippen LogP contribution >= 0.6 is 0 Å². The lowest BCUT2D eigenvalue weighted by Crippen LogP contribution is -2.48. The molecule has 4 nitrogen and oxygen atoms in total. The normalized spacial score (nSPS) is 19.9. The van der Waals surface area contributed by atoms with Gasteiger partial charge in [0.1, 0.15) is 5.75 Å². The number of nitriles is 1. The second-order valence-electron chi connectivity index (χ2n) is 7.45. The largest absolute Gasteiger partial charge is 0.496 e. The average Bonchev–Trinajstić information content (AvgIpc) is 2.76. The summed E-state index contributed by atoms with van der Waals surface area (Å²) in [6, 6.07) is 22.1. The quantitative estimate of drug-likeness (QED) is 0.644. The Labute approximate surface area is 169 Å². The molecular formula is C24H31N3O. The molecule has 2 aromatic carbocycles. The fourth-order valence-corrected chi connectivity index (χ4v) is 4.23. The minimum atomic E-state index is 0.367. The number of para-hydroxylation sites is 1. The predicted molar refractivity (Wildman–Crippen MR) is 113 cm³/mol. The molecule has 1 saturated heterocycles. The maximum atomic E-state index is 8.81. The van der Waals surface area contributed by atoms with Crippen LogP contribution in [0, 0.1) is 11.3 Å². The van der Waals surface area contributed by atoms with Crippen molar-refractivity contribution in [1.82, 2.24) is 10.2 Å². The monoisotopic (exact) mass is 377 g/mol. The third-order valence-corrected chi connectivity index (χ3v) is 5.61. The van der Waals surface area contributed by atoms with Crippen molar-refractivity contribution in [2.45, 2.75) is 50.7 Å². The van der Waals surface area contributed by atoms with Gasteiger partial charge < -0.3 is 10.1 Å². The number of piperidine rings is 1. The Hall–Kier alpha value is -2.35. The van der Waals surface area contributed by atoms with E-state index < -0.39 is 0 Å². The van der Waals surface area contributed by atoms with Gasteiger partial charge in [0.2, 0.25) is 0 Å². The number of likely N-dealkylation sites (tertiary alicyclic amines) is 1. The Morgan fingerprint density at radius 1 is 1.11 bits per heavy atom. The van der Waals surface area contributed by atoms with E-state index in [0.29, 0.717) is 18.5 Å². The van der Waals surface area contributed by atoms with Crippen molar-refractivity contribution in [2.24, 2.45) is 0 Å². The molecule has 0 spiro atoms. The molecule has 0 saturated carbocycles. The first-order chi connectivity index (χ1) is 13.8. The molecule has 0 aliphatic carbocycles. The zero-order valence-electron chi connectivity index (χ0n) is 16.8. The van der Waals surface area contributed by atoms with Gasteiger partial charge in [-0.2, -0.15) is 5.26 Å². The number of unbranched alkanes of at least 4 members (excludes halogenated alkanes) is 2. The van der Waals surface area contributed by atoms with Crippen molar-refractivity contribution in [1.29, 1.82) is 5.26 Å². The third kappa shape index (κ3) is 5.34. The first-order valence-corrected chi connectivity index (χ1v) is 10.3. The first-order valence-electron chi connectivity index (χ1n) is 10.3. The molecule has 1 aliphatic rings. The summed E-state index contributed by atoms with van der Waals surface area (Å²) in [4.78, 5) is 2.61. The molecule has 28 heavy (non-hydrogen) atoms. The lowest BCUT2D eigenvalue weighted by molar-refractivity contribution is 0.109. The van der Waals surface area contributed by atoms with E-state index in [1.165, 1.54) is 24.0 Å². The van der Waals surface area contributed by atoms with Gasteiger partial charge in [-0.25, -0.2) is 0 Å². The Kier molecular flexibility index (Phi) is 7.90. The van der Waals surface area contributed by atoms with Crippen molar-refractivity contribution < 1.29 is 4.74 Å². The van der Waals surface area contributed by atoms with Crippen molar-refractivity contribution in [3.05, 3.63) is 65.7 Å². The molecule has 1 aliphatic heterocycles. The molecule has 0 amide bonds. The Morgan fingerprint density at radius 2 is 1.89 bits per heavy atom. The van der Waals surface area contributed by atoms with Crippen LogP contribution in [-0.4, -0.2) is 31.1 Å². The zero-order valence-corrected chi connectivity index (χ0v) is 16.8. The van der Waals surface area contributed by atoms with Crippen LogP contribution in [0.25, 0.3) is 0 Å². The molecule has 2 unspecified atom stereocenters. The number of nitrogens with one attached hydrogen (secondary N) is 1. The number of nitrogens with zero attached hydrogens (tertiary/aromatic N) is 2. The van der Waals surface area contributed by atoms with Gasteiger partial charge in [0.25, 0.3) is 0 Å². The van der Waals surface area contributed by atoms with Crippen LogP contribution in [0.4, 0.5) is 0 Å². The summed E-state index contributed by atoms with van der Waals surface area (Å²) in [5.41, 5.74) is 2.57. The molecule has 1 fully saturated rings. The SMILES string of the molecule is COc1ccccc1CNC1CCCN(CCCCC#N)C1c1ccccc1. The van der Waals surface area contributed by atoms with Crippen LogP contribution in [-0.2, 0) is 6.54 Å². The molecular weight excluding hydrogens is 346 g/mol. The highest BCUT2D eigenvalue weighted by molar-refractivity contribution is 5.33. The molecule has 0 bridgehead atoms. The smallest absolute Gasteiger partial charge is 0.123 e. The van der Waals surface area contributed by atoms with Crippen molar-refractivity contribution in [3.63, 3.8) is 0 Å². The lowest BCUT2D eigenvalue weighted by atomic mass is 9.89. The number of rotatable bonds is 9. The van der Waals surface area contributed by atoms with Gasteiger partial charge in [-0.3, -0.25) is 4.90 Å². The van der Waals surface area contributed by atoms with Crippen LogP contribution in [0.2, 0.25) is 0 Å². The number of methoxy groups -OCH3 is 1. The van der Waals surface area contributed by atoms with E-state index >= 15 is 0 Å². The van der Waals surface area contributed by atoms with Gasteiger partial charge in [-0.15, -0.1) is 0 Å². The van der Waals surface area contributed by atoms with Crippen molar-refractivity contribution in [2.75, 3.05) is 20.2 Å². The van der Waals surface area contributed by atoms with Gasteiger partial charge in [0, 0.05) is 24.6 Å². The summed E-state index contributed by atoms with van der Waals surface area (Å²) in [6.07, 6.45) is 5.08. The fraction of sp³-hybridized carbons (Fsp3) is 0.458. The van der Waals surface area contributed by atoms with E-state index in [0.717, 1.165) is 38.2 Å². The standard InChI is InChI=1S/C24H31N3O/c1-28-23-15-7-6-13-21(23)19-26-22-14-10-18-27(17-9-3-8-16-25)24(22)20-11-4-2-5-12-20/h2,4-7,11-13,15,22,24,26H,3,8-10,14,17-19H2,1H3. The predicted octanol–water partition coefficient (Wildman–Crippen LogP) is 4.68. The third-order valence-electron chi connectivity index (χ3n) is 5.61. The number of hydrogen-bond donors (Lipinski definition) is 1. The van der Waals surface area contributed by atoms with Gasteiger partial charge in [0.05, 0.1) is 19.2 Å². The molecule has 2 atom stereocenters. The summed E-state index contributed by atoms with van der Waals surface area (Å²) in [5, 5.41) is 12.6. The first kappa shape index (κ1) is 20.4. The average molecular weight is 378 g/mol. The van der Waals surface area contributed by atoms with E-state index in [4.69, 9.17) is 10.00 Å². The van der Waals surface area contributed by atoms with Gasteiger partial charge in [-0.05, 0) is 50.4 Å². The van der Waals surface area contributed by atoms with Gasteiger partial charge in [0.15, 0.2) is 0 Å². The second-order valence-corrected chi connectivity index (χ2v) is 7.45. The number of ether oxygens (including phenoxy) is 1. The summed E-state index contributed by atoms with van der Waals surface area (Å²) in [5.74, 6) is 0.940. The van der Waals surface area contributed by atoms with E-state index in [1.54, 1.807) is 7.11 Å². The summed E-state index contributed by atoms with van der Waals surface area (Å²) < 4.78 is 5.52. The maximum Gasteiger partial charge on any atom is 0.123 e. The molecule has 0 aromatic heterocycles. The fourth-order valence-electron chi connectivity index (χ4n) is 4.23.